The average Bonchev–Trinajstić information content (AvgIpc) is 2.90. The molecule has 0 bridgehead atoms. The molecule has 4 nitrogen and oxygen atoms in total. The van der Waals surface area contributed by atoms with Gasteiger partial charge < -0.3 is 9.55 Å². The number of pyridine rings is 1. The van der Waals surface area contributed by atoms with Gasteiger partial charge in [0.05, 0.1) is 28.3 Å². The number of hydrogen-bond donors (Lipinski definition) is 1. The topological polar surface area (TPSA) is 50.7 Å². The molecule has 0 saturated carbocycles. The van der Waals surface area contributed by atoms with Gasteiger partial charge in [-0.05, 0) is 36.8 Å². The summed E-state index contributed by atoms with van der Waals surface area (Å²) in [6.07, 6.45) is 2.83. The van der Waals surface area contributed by atoms with Crippen molar-refractivity contribution in [3.05, 3.63) is 51.9 Å². The summed E-state index contributed by atoms with van der Waals surface area (Å²) in [5.74, 6) is 0. The predicted octanol–water partition coefficient (Wildman–Crippen LogP) is 4.09. The van der Waals surface area contributed by atoms with Gasteiger partial charge in [-0.3, -0.25) is 4.79 Å². The second kappa shape index (κ2) is 4.85. The molecule has 2 heterocycles. The Bertz CT molecular complexity index is 1080. The van der Waals surface area contributed by atoms with Crippen molar-refractivity contribution >= 4 is 44.4 Å². The standard InChI is InChI=1S/C17H14ClN3O/c1-2-7-21-9-19-16-14(21)6-5-12-15(16)17(22)11-4-3-10(18)8-13(11)20-12/h3-6,8-9H,2,7H2,1H3,(H,20,22). The second-order valence-electron chi connectivity index (χ2n) is 5.44. The number of aromatic amines is 1. The molecular weight excluding hydrogens is 298 g/mol. The lowest BCUT2D eigenvalue weighted by atomic mass is 10.1. The van der Waals surface area contributed by atoms with Crippen molar-refractivity contribution in [2.24, 2.45) is 0 Å². The molecule has 0 aliphatic carbocycles. The number of nitrogens with zero attached hydrogens (tertiary/aromatic N) is 2. The Labute approximate surface area is 131 Å². The number of benzene rings is 2. The summed E-state index contributed by atoms with van der Waals surface area (Å²) < 4.78 is 2.08. The number of nitrogens with one attached hydrogen (secondary N) is 1. The van der Waals surface area contributed by atoms with Crippen molar-refractivity contribution in [3.63, 3.8) is 0 Å². The molecule has 0 spiro atoms. The van der Waals surface area contributed by atoms with Crippen LogP contribution in [0.2, 0.25) is 5.02 Å². The summed E-state index contributed by atoms with van der Waals surface area (Å²) >= 11 is 6.02. The van der Waals surface area contributed by atoms with Crippen molar-refractivity contribution in [3.8, 4) is 0 Å². The molecule has 0 amide bonds. The number of H-pyrrole nitrogens is 1. The number of imidazole rings is 1. The third-order valence-corrected chi connectivity index (χ3v) is 4.21. The van der Waals surface area contributed by atoms with Crippen molar-refractivity contribution in [1.82, 2.24) is 14.5 Å². The molecular formula is C17H14ClN3O. The van der Waals surface area contributed by atoms with E-state index in [1.165, 1.54) is 0 Å². The van der Waals surface area contributed by atoms with E-state index >= 15 is 0 Å². The van der Waals surface area contributed by atoms with Crippen LogP contribution in [0.5, 0.6) is 0 Å². The maximum Gasteiger partial charge on any atom is 0.199 e. The zero-order chi connectivity index (χ0) is 15.3. The van der Waals surface area contributed by atoms with Gasteiger partial charge in [-0.15, -0.1) is 0 Å². The molecule has 4 rings (SSSR count). The summed E-state index contributed by atoms with van der Waals surface area (Å²) in [7, 11) is 0. The molecule has 0 fully saturated rings. The van der Waals surface area contributed by atoms with Crippen molar-refractivity contribution in [1.29, 1.82) is 0 Å². The monoisotopic (exact) mass is 311 g/mol. The van der Waals surface area contributed by atoms with Gasteiger partial charge in [-0.2, -0.15) is 0 Å². The zero-order valence-electron chi connectivity index (χ0n) is 12.1. The van der Waals surface area contributed by atoms with Gasteiger partial charge in [0, 0.05) is 17.0 Å². The first kappa shape index (κ1) is 13.3. The van der Waals surface area contributed by atoms with Crippen LogP contribution in [0.25, 0.3) is 32.8 Å². The highest BCUT2D eigenvalue weighted by Gasteiger charge is 2.12. The first-order valence-electron chi connectivity index (χ1n) is 7.28. The zero-order valence-corrected chi connectivity index (χ0v) is 12.8. The fraction of sp³-hybridized carbons (Fsp3) is 0.176. The second-order valence-corrected chi connectivity index (χ2v) is 5.87. The highest BCUT2D eigenvalue weighted by molar-refractivity contribution is 6.31. The minimum absolute atomic E-state index is 0.00670. The summed E-state index contributed by atoms with van der Waals surface area (Å²) in [4.78, 5) is 20.6. The van der Waals surface area contributed by atoms with E-state index < -0.39 is 0 Å². The van der Waals surface area contributed by atoms with Gasteiger partial charge in [0.15, 0.2) is 5.43 Å². The SMILES string of the molecule is CCCn1cnc2c3c(=O)c4ccc(Cl)cc4[nH]c3ccc21. The van der Waals surface area contributed by atoms with Crippen LogP contribution in [-0.2, 0) is 6.54 Å². The van der Waals surface area contributed by atoms with E-state index in [9.17, 15) is 4.79 Å². The van der Waals surface area contributed by atoms with E-state index in [1.54, 1.807) is 24.5 Å². The molecule has 0 unspecified atom stereocenters. The van der Waals surface area contributed by atoms with Crippen LogP contribution in [-0.4, -0.2) is 14.5 Å². The van der Waals surface area contributed by atoms with Crippen molar-refractivity contribution in [2.45, 2.75) is 19.9 Å². The molecule has 110 valence electrons. The van der Waals surface area contributed by atoms with Crippen LogP contribution >= 0.6 is 11.6 Å². The number of aromatic nitrogens is 3. The number of aryl methyl sites for hydroxylation is 1. The molecule has 4 aromatic rings. The van der Waals surface area contributed by atoms with Crippen LogP contribution in [0.1, 0.15) is 13.3 Å². The Balaban J connectivity index is 2.17. The Morgan fingerprint density at radius 3 is 2.91 bits per heavy atom. The average molecular weight is 312 g/mol. The number of hydrogen-bond acceptors (Lipinski definition) is 2. The van der Waals surface area contributed by atoms with E-state index in [0.717, 1.165) is 35.0 Å². The molecule has 0 aliphatic heterocycles. The highest BCUT2D eigenvalue weighted by atomic mass is 35.5. The van der Waals surface area contributed by atoms with Gasteiger partial charge >= 0.3 is 0 Å². The number of rotatable bonds is 2. The Kier molecular flexibility index (Phi) is 2.94. The Morgan fingerprint density at radius 2 is 2.09 bits per heavy atom. The van der Waals surface area contributed by atoms with Crippen molar-refractivity contribution < 1.29 is 0 Å². The Morgan fingerprint density at radius 1 is 1.23 bits per heavy atom. The van der Waals surface area contributed by atoms with Crippen molar-refractivity contribution in [2.75, 3.05) is 0 Å². The van der Waals surface area contributed by atoms with Gasteiger partial charge in [0.2, 0.25) is 0 Å². The number of halogens is 1. The smallest absolute Gasteiger partial charge is 0.199 e. The van der Waals surface area contributed by atoms with Gasteiger partial charge in [0.1, 0.15) is 5.52 Å². The van der Waals surface area contributed by atoms with Crippen LogP contribution in [0.3, 0.4) is 0 Å². The quantitative estimate of drug-likeness (QED) is 0.567. The van der Waals surface area contributed by atoms with E-state index in [-0.39, 0.29) is 5.43 Å². The van der Waals surface area contributed by atoms with Gasteiger partial charge in [-0.25, -0.2) is 4.98 Å². The van der Waals surface area contributed by atoms with Crippen LogP contribution < -0.4 is 5.43 Å². The van der Waals surface area contributed by atoms with E-state index in [1.807, 2.05) is 12.1 Å². The molecule has 0 radical (unpaired) electrons. The maximum absolute atomic E-state index is 12.9. The maximum atomic E-state index is 12.9. The van der Waals surface area contributed by atoms with E-state index in [0.29, 0.717) is 15.8 Å². The molecule has 2 aromatic heterocycles. The molecule has 0 atom stereocenters. The van der Waals surface area contributed by atoms with E-state index in [4.69, 9.17) is 11.6 Å². The van der Waals surface area contributed by atoms with E-state index in [2.05, 4.69) is 21.5 Å². The molecule has 5 heteroatoms. The van der Waals surface area contributed by atoms with Crippen LogP contribution in [0, 0.1) is 0 Å². The van der Waals surface area contributed by atoms with Crippen LogP contribution in [0.15, 0.2) is 41.5 Å². The minimum Gasteiger partial charge on any atom is -0.354 e. The van der Waals surface area contributed by atoms with Gasteiger partial charge in [0.25, 0.3) is 0 Å². The lowest BCUT2D eigenvalue weighted by molar-refractivity contribution is 0.697. The highest BCUT2D eigenvalue weighted by Crippen LogP contribution is 2.24. The molecule has 2 aromatic carbocycles. The first-order chi connectivity index (χ1) is 10.7. The largest absolute Gasteiger partial charge is 0.354 e. The molecule has 1 N–H and O–H groups in total. The third-order valence-electron chi connectivity index (χ3n) is 3.98. The third kappa shape index (κ3) is 1.84. The summed E-state index contributed by atoms with van der Waals surface area (Å²) in [6.45, 7) is 3.01. The number of fused-ring (bicyclic) bond motifs is 4. The lowest BCUT2D eigenvalue weighted by Gasteiger charge is -2.05. The minimum atomic E-state index is -0.00670. The fourth-order valence-electron chi connectivity index (χ4n) is 2.98. The summed E-state index contributed by atoms with van der Waals surface area (Å²) in [5.41, 5.74) is 3.27. The first-order valence-corrected chi connectivity index (χ1v) is 7.66. The summed E-state index contributed by atoms with van der Waals surface area (Å²) in [6, 6.07) is 9.22. The molecule has 0 saturated heterocycles. The Hall–Kier alpha value is -2.33. The summed E-state index contributed by atoms with van der Waals surface area (Å²) in [5, 5.41) is 1.88. The fourth-order valence-corrected chi connectivity index (χ4v) is 3.16. The molecule has 22 heavy (non-hydrogen) atoms. The van der Waals surface area contributed by atoms with Crippen LogP contribution in [0.4, 0.5) is 0 Å². The normalized spacial score (nSPS) is 11.7. The van der Waals surface area contributed by atoms with Gasteiger partial charge in [-0.1, -0.05) is 18.5 Å². The predicted molar refractivity (Wildman–Crippen MR) is 90.7 cm³/mol. The lowest BCUT2D eigenvalue weighted by Crippen LogP contribution is -2.05. The molecule has 0 aliphatic rings.